The van der Waals surface area contributed by atoms with Gasteiger partial charge in [0.05, 0.1) is 0 Å². The number of thiocarbonyl (C=S) groups is 1. The molecule has 0 spiro atoms. The summed E-state index contributed by atoms with van der Waals surface area (Å²) in [7, 11) is 0. The molecule has 0 radical (unpaired) electrons. The maximum Gasteiger partial charge on any atom is 0.166 e. The molecule has 0 heterocycles. The van der Waals surface area contributed by atoms with E-state index in [4.69, 9.17) is 12.2 Å². The zero-order chi connectivity index (χ0) is 13.4. The van der Waals surface area contributed by atoms with Crippen molar-refractivity contribution in [3.63, 3.8) is 0 Å². The Kier molecular flexibility index (Phi) is 4.02. The standard InChI is InChI=1S/C16H28N2S/c1-10-4-3-5-14(11(10)2)17-16(19)18-15-9-12-6-7-13(15)8-12/h10-15H,3-9H2,1-2H3,(H2,17,18,19)/t10-,11-,12-,13-,14-,15-/m1/s1. The van der Waals surface area contributed by atoms with Crippen LogP contribution in [0.4, 0.5) is 0 Å². The van der Waals surface area contributed by atoms with Gasteiger partial charge >= 0.3 is 0 Å². The zero-order valence-electron chi connectivity index (χ0n) is 12.3. The van der Waals surface area contributed by atoms with Gasteiger partial charge < -0.3 is 10.6 Å². The minimum atomic E-state index is 0.586. The fourth-order valence-corrected chi connectivity index (χ4v) is 4.89. The third-order valence-electron chi connectivity index (χ3n) is 6.08. The summed E-state index contributed by atoms with van der Waals surface area (Å²) in [4.78, 5) is 0. The van der Waals surface area contributed by atoms with E-state index in [2.05, 4.69) is 24.5 Å². The van der Waals surface area contributed by atoms with Crippen LogP contribution in [0.5, 0.6) is 0 Å². The van der Waals surface area contributed by atoms with E-state index in [9.17, 15) is 0 Å². The van der Waals surface area contributed by atoms with Crippen molar-refractivity contribution < 1.29 is 0 Å². The van der Waals surface area contributed by atoms with Gasteiger partial charge in [0.2, 0.25) is 0 Å². The summed E-state index contributed by atoms with van der Waals surface area (Å²) in [6.07, 6.45) is 9.68. The highest BCUT2D eigenvalue weighted by atomic mass is 32.1. The second-order valence-corrected chi connectivity index (χ2v) is 7.68. The summed E-state index contributed by atoms with van der Waals surface area (Å²) in [5, 5.41) is 8.14. The molecule has 0 saturated heterocycles. The van der Waals surface area contributed by atoms with Gasteiger partial charge in [-0.25, -0.2) is 0 Å². The molecule has 0 aromatic carbocycles. The summed E-state index contributed by atoms with van der Waals surface area (Å²) in [5.41, 5.74) is 0. The summed E-state index contributed by atoms with van der Waals surface area (Å²) in [5.74, 6) is 3.46. The molecule has 3 aliphatic carbocycles. The van der Waals surface area contributed by atoms with Crippen LogP contribution in [-0.2, 0) is 0 Å². The third-order valence-corrected chi connectivity index (χ3v) is 6.31. The topological polar surface area (TPSA) is 24.1 Å². The quantitative estimate of drug-likeness (QED) is 0.758. The molecular formula is C16H28N2S. The van der Waals surface area contributed by atoms with Crippen LogP contribution in [0.2, 0.25) is 0 Å². The molecule has 3 aliphatic rings. The summed E-state index contributed by atoms with van der Waals surface area (Å²) in [6, 6.07) is 1.25. The van der Waals surface area contributed by atoms with Gasteiger partial charge in [-0.2, -0.15) is 0 Å². The molecule has 0 unspecified atom stereocenters. The van der Waals surface area contributed by atoms with Crippen LogP contribution in [0.25, 0.3) is 0 Å². The predicted molar refractivity (Wildman–Crippen MR) is 84.1 cm³/mol. The first kappa shape index (κ1) is 13.7. The molecule has 108 valence electrons. The Morgan fingerprint density at radius 2 is 1.74 bits per heavy atom. The molecule has 0 amide bonds. The van der Waals surface area contributed by atoms with Crippen LogP contribution in [0.3, 0.4) is 0 Å². The number of rotatable bonds is 2. The fraction of sp³-hybridized carbons (Fsp3) is 0.938. The lowest BCUT2D eigenvalue weighted by atomic mass is 9.78. The largest absolute Gasteiger partial charge is 0.360 e. The highest BCUT2D eigenvalue weighted by molar-refractivity contribution is 7.80. The van der Waals surface area contributed by atoms with Gasteiger partial charge in [-0.1, -0.05) is 33.1 Å². The van der Waals surface area contributed by atoms with Crippen LogP contribution in [0.1, 0.15) is 58.8 Å². The number of nitrogens with one attached hydrogen (secondary N) is 2. The molecule has 2 N–H and O–H groups in total. The van der Waals surface area contributed by atoms with E-state index < -0.39 is 0 Å². The molecule has 3 heteroatoms. The van der Waals surface area contributed by atoms with Crippen molar-refractivity contribution in [2.45, 2.75) is 70.9 Å². The first-order chi connectivity index (χ1) is 9.13. The molecule has 2 nitrogen and oxygen atoms in total. The Morgan fingerprint density at radius 1 is 0.947 bits per heavy atom. The van der Waals surface area contributed by atoms with Crippen molar-refractivity contribution >= 4 is 17.3 Å². The Morgan fingerprint density at radius 3 is 2.42 bits per heavy atom. The molecule has 0 aromatic heterocycles. The maximum atomic E-state index is 5.56. The van der Waals surface area contributed by atoms with Gasteiger partial charge in [-0.15, -0.1) is 0 Å². The monoisotopic (exact) mass is 280 g/mol. The molecule has 3 saturated carbocycles. The maximum absolute atomic E-state index is 5.56. The first-order valence-electron chi connectivity index (χ1n) is 8.20. The SMILES string of the molecule is C[C@@H]1[C@H](C)CCC[C@H]1NC(=S)N[C@@H]1C[C@@H]2CC[C@@H]1C2. The molecule has 3 fully saturated rings. The summed E-state index contributed by atoms with van der Waals surface area (Å²) in [6.45, 7) is 4.76. The van der Waals surface area contributed by atoms with Crippen molar-refractivity contribution in [2.75, 3.05) is 0 Å². The van der Waals surface area contributed by atoms with Gasteiger partial charge in [-0.3, -0.25) is 0 Å². The van der Waals surface area contributed by atoms with Gasteiger partial charge in [-0.05, 0) is 61.6 Å². The molecule has 6 atom stereocenters. The van der Waals surface area contributed by atoms with Gasteiger partial charge in [0.25, 0.3) is 0 Å². The number of hydrogen-bond donors (Lipinski definition) is 2. The van der Waals surface area contributed by atoms with E-state index in [1.54, 1.807) is 0 Å². The van der Waals surface area contributed by atoms with E-state index in [1.165, 1.54) is 44.9 Å². The fourth-order valence-electron chi connectivity index (χ4n) is 4.59. The highest BCUT2D eigenvalue weighted by Gasteiger charge is 2.40. The van der Waals surface area contributed by atoms with Crippen LogP contribution in [-0.4, -0.2) is 17.2 Å². The van der Waals surface area contributed by atoms with Crippen LogP contribution >= 0.6 is 12.2 Å². The molecule has 2 bridgehead atoms. The van der Waals surface area contributed by atoms with E-state index in [-0.39, 0.29) is 0 Å². The van der Waals surface area contributed by atoms with E-state index in [0.29, 0.717) is 12.1 Å². The van der Waals surface area contributed by atoms with Crippen LogP contribution in [0.15, 0.2) is 0 Å². The normalized spacial score (nSPS) is 45.2. The highest BCUT2D eigenvalue weighted by Crippen LogP contribution is 2.44. The Balaban J connectivity index is 1.48. The van der Waals surface area contributed by atoms with Crippen molar-refractivity contribution in [1.29, 1.82) is 0 Å². The Hall–Kier alpha value is -0.310. The van der Waals surface area contributed by atoms with Crippen molar-refractivity contribution in [2.24, 2.45) is 23.7 Å². The van der Waals surface area contributed by atoms with E-state index >= 15 is 0 Å². The molecule has 0 aromatic rings. The van der Waals surface area contributed by atoms with Gasteiger partial charge in [0, 0.05) is 12.1 Å². The lowest BCUT2D eigenvalue weighted by Gasteiger charge is -2.36. The second-order valence-electron chi connectivity index (χ2n) is 7.27. The van der Waals surface area contributed by atoms with Crippen molar-refractivity contribution in [3.05, 3.63) is 0 Å². The zero-order valence-corrected chi connectivity index (χ0v) is 13.1. The Bertz CT molecular complexity index is 344. The van der Waals surface area contributed by atoms with Crippen LogP contribution < -0.4 is 10.6 Å². The lowest BCUT2D eigenvalue weighted by Crippen LogP contribution is -2.51. The summed E-state index contributed by atoms with van der Waals surface area (Å²) < 4.78 is 0. The minimum Gasteiger partial charge on any atom is -0.360 e. The Labute approximate surface area is 123 Å². The second kappa shape index (κ2) is 5.59. The lowest BCUT2D eigenvalue weighted by molar-refractivity contribution is 0.223. The van der Waals surface area contributed by atoms with Gasteiger partial charge in [0.1, 0.15) is 0 Å². The number of fused-ring (bicyclic) bond motifs is 2. The minimum absolute atomic E-state index is 0.586. The number of hydrogen-bond acceptors (Lipinski definition) is 1. The molecule has 0 aliphatic heterocycles. The van der Waals surface area contributed by atoms with E-state index in [0.717, 1.165) is 28.8 Å². The van der Waals surface area contributed by atoms with Gasteiger partial charge in [0.15, 0.2) is 5.11 Å². The molecule has 19 heavy (non-hydrogen) atoms. The van der Waals surface area contributed by atoms with Crippen molar-refractivity contribution in [3.8, 4) is 0 Å². The average Bonchev–Trinajstić information content (AvgIpc) is 2.97. The van der Waals surface area contributed by atoms with Crippen LogP contribution in [0, 0.1) is 23.7 Å². The first-order valence-corrected chi connectivity index (χ1v) is 8.61. The van der Waals surface area contributed by atoms with E-state index in [1.807, 2.05) is 0 Å². The molecule has 3 rings (SSSR count). The summed E-state index contributed by atoms with van der Waals surface area (Å²) >= 11 is 5.56. The predicted octanol–water partition coefficient (Wildman–Crippen LogP) is 3.46. The van der Waals surface area contributed by atoms with Crippen molar-refractivity contribution in [1.82, 2.24) is 10.6 Å². The average molecular weight is 280 g/mol. The molecular weight excluding hydrogens is 252 g/mol. The third kappa shape index (κ3) is 2.91. The smallest absolute Gasteiger partial charge is 0.166 e.